The minimum atomic E-state index is -0.533. The fraction of sp³-hybridized carbons (Fsp3) is 0.409. The molecule has 11 heteroatoms. The van der Waals surface area contributed by atoms with Crippen LogP contribution in [0.1, 0.15) is 41.0 Å². The molecule has 0 unspecified atom stereocenters. The summed E-state index contributed by atoms with van der Waals surface area (Å²) < 4.78 is 22.1. The lowest BCUT2D eigenvalue weighted by Crippen LogP contribution is -2.45. The highest BCUT2D eigenvalue weighted by atomic mass is 32.2. The van der Waals surface area contributed by atoms with Gasteiger partial charge in [0.15, 0.2) is 5.84 Å². The zero-order valence-corrected chi connectivity index (χ0v) is 19.7. The van der Waals surface area contributed by atoms with Gasteiger partial charge in [-0.05, 0) is 55.7 Å². The molecule has 2 aliphatic heterocycles. The van der Waals surface area contributed by atoms with Gasteiger partial charge in [0.2, 0.25) is 0 Å². The van der Waals surface area contributed by atoms with E-state index in [0.717, 1.165) is 29.8 Å². The van der Waals surface area contributed by atoms with Crippen molar-refractivity contribution in [2.45, 2.75) is 32.9 Å². The maximum Gasteiger partial charge on any atom is 0.259 e. The lowest BCUT2D eigenvalue weighted by Gasteiger charge is -2.28. The highest BCUT2D eigenvalue weighted by Crippen LogP contribution is 2.27. The van der Waals surface area contributed by atoms with Crippen LogP contribution in [-0.4, -0.2) is 58.1 Å². The van der Waals surface area contributed by atoms with Gasteiger partial charge in [0.1, 0.15) is 17.3 Å². The van der Waals surface area contributed by atoms with E-state index < -0.39 is 11.7 Å². The Kier molecular flexibility index (Phi) is 7.43. The number of amides is 1. The molecule has 0 atom stereocenters. The number of ether oxygens (including phenoxy) is 1. The molecule has 2 aliphatic rings. The van der Waals surface area contributed by atoms with Gasteiger partial charge < -0.3 is 10.1 Å². The number of fused-ring (bicyclic) bond motifs is 1. The average molecular weight is 474 g/mol. The van der Waals surface area contributed by atoms with Gasteiger partial charge in [-0.25, -0.2) is 19.2 Å². The first-order valence-corrected chi connectivity index (χ1v) is 11.7. The number of methoxy groups -OCH3 is 1. The fourth-order valence-corrected chi connectivity index (χ4v) is 4.64. The number of amidine groups is 1. The molecule has 3 heterocycles. The number of halogens is 1. The number of nitrogens with zero attached hydrogens (tertiary/aromatic N) is 4. The number of carbonyl (C=O) groups excluding carboxylic acids is 1. The average Bonchev–Trinajstić information content (AvgIpc) is 3.29. The molecule has 0 fully saturated rings. The molecule has 4 rings (SSSR count). The Labute approximate surface area is 196 Å². The van der Waals surface area contributed by atoms with E-state index in [1.54, 1.807) is 43.3 Å². The number of anilines is 1. The first-order chi connectivity index (χ1) is 16.0. The van der Waals surface area contributed by atoms with Crippen molar-refractivity contribution in [1.82, 2.24) is 25.4 Å². The Morgan fingerprint density at radius 1 is 1.33 bits per heavy atom. The van der Waals surface area contributed by atoms with E-state index in [1.165, 1.54) is 6.07 Å². The van der Waals surface area contributed by atoms with Gasteiger partial charge in [0, 0.05) is 32.0 Å². The zero-order valence-electron chi connectivity index (χ0n) is 18.9. The van der Waals surface area contributed by atoms with Gasteiger partial charge in [-0.1, -0.05) is 18.0 Å². The summed E-state index contributed by atoms with van der Waals surface area (Å²) in [6, 6.07) is 8.51. The third-order valence-electron chi connectivity index (χ3n) is 5.37. The predicted molar refractivity (Wildman–Crippen MR) is 127 cm³/mol. The van der Waals surface area contributed by atoms with Crippen LogP contribution in [0, 0.1) is 5.82 Å². The van der Waals surface area contributed by atoms with Crippen LogP contribution in [0.15, 0.2) is 35.4 Å². The number of pyridine rings is 1. The van der Waals surface area contributed by atoms with Crippen LogP contribution in [0.4, 0.5) is 10.2 Å². The summed E-state index contributed by atoms with van der Waals surface area (Å²) >= 11 is 1.70. The molecule has 176 valence electrons. The van der Waals surface area contributed by atoms with Crippen LogP contribution in [0.2, 0.25) is 0 Å². The molecule has 0 saturated heterocycles. The Balaban J connectivity index is 1.49. The number of hydrazone groups is 1. The van der Waals surface area contributed by atoms with E-state index in [0.29, 0.717) is 30.5 Å². The van der Waals surface area contributed by atoms with Crippen molar-refractivity contribution in [1.29, 1.82) is 0 Å². The van der Waals surface area contributed by atoms with Gasteiger partial charge in [-0.15, -0.1) is 10.6 Å². The molecule has 1 amide bonds. The third kappa shape index (κ3) is 5.44. The van der Waals surface area contributed by atoms with E-state index in [-0.39, 0.29) is 11.6 Å². The molecule has 0 aliphatic carbocycles. The standard InChI is InChI=1S/C22H28FN7O2S/c1-14(2)30-21(26-27-28-30)19-5-4-6-20(24-19)25-22(31)17-11-16-13-29(33-10-9-32-3)8-7-15(16)12-18(17)23/h4-6,11-12,14,27-28H,7-10,13H2,1-3H3,(H,24,25,31). The van der Waals surface area contributed by atoms with Gasteiger partial charge >= 0.3 is 0 Å². The van der Waals surface area contributed by atoms with Gasteiger partial charge in [0.25, 0.3) is 5.91 Å². The van der Waals surface area contributed by atoms with Crippen molar-refractivity contribution in [2.24, 2.45) is 5.10 Å². The number of benzene rings is 1. The summed E-state index contributed by atoms with van der Waals surface area (Å²) in [6.07, 6.45) is 0.744. The number of aromatic nitrogens is 1. The number of nitrogens with one attached hydrogen (secondary N) is 3. The van der Waals surface area contributed by atoms with Crippen LogP contribution in [0.25, 0.3) is 0 Å². The van der Waals surface area contributed by atoms with Crippen molar-refractivity contribution in [3.63, 3.8) is 0 Å². The summed E-state index contributed by atoms with van der Waals surface area (Å²) in [5, 5.41) is 8.77. The molecule has 9 nitrogen and oxygen atoms in total. The Morgan fingerprint density at radius 3 is 2.97 bits per heavy atom. The smallest absolute Gasteiger partial charge is 0.259 e. The highest BCUT2D eigenvalue weighted by Gasteiger charge is 2.24. The monoisotopic (exact) mass is 473 g/mol. The number of carbonyl (C=O) groups is 1. The summed E-state index contributed by atoms with van der Waals surface area (Å²) in [4.78, 5) is 17.4. The number of hydrazine groups is 2. The minimum Gasteiger partial charge on any atom is -0.384 e. The molecule has 0 saturated carbocycles. The molecule has 33 heavy (non-hydrogen) atoms. The van der Waals surface area contributed by atoms with Crippen LogP contribution in [0.5, 0.6) is 0 Å². The Hall–Kier alpha value is -2.73. The number of rotatable bonds is 8. The largest absolute Gasteiger partial charge is 0.384 e. The molecular weight excluding hydrogens is 445 g/mol. The maximum atomic E-state index is 14.8. The highest BCUT2D eigenvalue weighted by molar-refractivity contribution is 7.97. The molecule has 1 aromatic heterocycles. The van der Waals surface area contributed by atoms with Crippen LogP contribution >= 0.6 is 11.9 Å². The topological polar surface area (TPSA) is 94.1 Å². The second-order valence-corrected chi connectivity index (χ2v) is 9.21. The van der Waals surface area contributed by atoms with Crippen molar-refractivity contribution in [3.8, 4) is 0 Å². The molecule has 3 N–H and O–H groups in total. The summed E-state index contributed by atoms with van der Waals surface area (Å²) in [5.41, 5.74) is 8.15. The van der Waals surface area contributed by atoms with Crippen molar-refractivity contribution >= 4 is 29.5 Å². The molecule has 1 aromatic carbocycles. The Morgan fingerprint density at radius 2 is 2.18 bits per heavy atom. The van der Waals surface area contributed by atoms with Gasteiger partial charge in [0.05, 0.1) is 12.2 Å². The van der Waals surface area contributed by atoms with E-state index in [2.05, 4.69) is 30.8 Å². The summed E-state index contributed by atoms with van der Waals surface area (Å²) in [5.74, 6) is 0.723. The maximum absolute atomic E-state index is 14.8. The molecule has 0 bridgehead atoms. The van der Waals surface area contributed by atoms with Gasteiger partial charge in [-0.3, -0.25) is 9.80 Å². The van der Waals surface area contributed by atoms with Crippen LogP contribution in [0.3, 0.4) is 0 Å². The second-order valence-electron chi connectivity index (χ2n) is 8.03. The normalized spacial score (nSPS) is 15.9. The molecular formula is C22H28FN7O2S. The number of hydrogen-bond donors (Lipinski definition) is 3. The minimum absolute atomic E-state index is 0.00930. The fourth-order valence-electron chi connectivity index (χ4n) is 3.69. The van der Waals surface area contributed by atoms with Crippen molar-refractivity contribution < 1.29 is 13.9 Å². The lowest BCUT2D eigenvalue weighted by atomic mass is 9.97. The SMILES string of the molecule is COCCSN1CCc2cc(F)c(C(=O)Nc3cccc(C4=NNNN4C(C)C)n3)cc2C1. The summed E-state index contributed by atoms with van der Waals surface area (Å²) in [6.45, 7) is 6.19. The third-order valence-corrected chi connectivity index (χ3v) is 6.40. The lowest BCUT2D eigenvalue weighted by molar-refractivity contribution is 0.102. The van der Waals surface area contributed by atoms with Crippen LogP contribution in [-0.2, 0) is 17.7 Å². The van der Waals surface area contributed by atoms with E-state index in [9.17, 15) is 9.18 Å². The van der Waals surface area contributed by atoms with E-state index in [1.807, 2.05) is 18.9 Å². The Bertz CT molecular complexity index is 1050. The summed E-state index contributed by atoms with van der Waals surface area (Å²) in [7, 11) is 1.68. The van der Waals surface area contributed by atoms with Crippen LogP contribution < -0.4 is 16.4 Å². The molecule has 2 aromatic rings. The molecule has 0 spiro atoms. The second kappa shape index (κ2) is 10.5. The zero-order chi connectivity index (χ0) is 23.4. The van der Waals surface area contributed by atoms with Crippen molar-refractivity contribution in [3.05, 3.63) is 58.5 Å². The first-order valence-electron chi connectivity index (χ1n) is 10.8. The van der Waals surface area contributed by atoms with E-state index >= 15 is 0 Å². The predicted octanol–water partition coefficient (Wildman–Crippen LogP) is 2.52. The molecule has 0 radical (unpaired) electrons. The number of hydrogen-bond acceptors (Lipinski definition) is 9. The quantitative estimate of drug-likeness (QED) is 0.398. The van der Waals surface area contributed by atoms with Gasteiger partial charge in [-0.2, -0.15) is 0 Å². The van der Waals surface area contributed by atoms with Crippen molar-refractivity contribution in [2.75, 3.05) is 31.3 Å². The first kappa shape index (κ1) is 23.4. The van der Waals surface area contributed by atoms with E-state index in [4.69, 9.17) is 4.74 Å².